The van der Waals surface area contributed by atoms with Gasteiger partial charge in [0.25, 0.3) is 0 Å². The predicted octanol–water partition coefficient (Wildman–Crippen LogP) is 1.88. The summed E-state index contributed by atoms with van der Waals surface area (Å²) in [5.41, 5.74) is 10.3. The molecule has 98 valence electrons. The molecule has 0 spiro atoms. The third kappa shape index (κ3) is 1.90. The van der Waals surface area contributed by atoms with Gasteiger partial charge >= 0.3 is 0 Å². The molecule has 0 bridgehead atoms. The van der Waals surface area contributed by atoms with Crippen molar-refractivity contribution in [2.45, 2.75) is 20.0 Å². The molecule has 0 aliphatic carbocycles. The van der Waals surface area contributed by atoms with E-state index in [4.69, 9.17) is 18.0 Å². The van der Waals surface area contributed by atoms with Gasteiger partial charge < -0.3 is 10.6 Å². The van der Waals surface area contributed by atoms with E-state index in [9.17, 15) is 0 Å². The van der Waals surface area contributed by atoms with Crippen molar-refractivity contribution < 1.29 is 0 Å². The SMILES string of the molecule is Cc1nn(C)c(N2Cc3ccccc3C2)c1C(N)=S. The van der Waals surface area contributed by atoms with Crippen LogP contribution in [0.25, 0.3) is 0 Å². The first-order valence-electron chi connectivity index (χ1n) is 6.23. The quantitative estimate of drug-likeness (QED) is 0.848. The standard InChI is InChI=1S/C14H16N4S/c1-9-12(13(15)19)14(17(2)16-9)18-7-10-5-3-4-6-11(10)8-18/h3-6H,7-8H2,1-2H3,(H2,15,19). The maximum Gasteiger partial charge on any atom is 0.137 e. The number of anilines is 1. The second kappa shape index (κ2) is 4.35. The zero-order valence-electron chi connectivity index (χ0n) is 11.1. The van der Waals surface area contributed by atoms with E-state index in [1.165, 1.54) is 11.1 Å². The van der Waals surface area contributed by atoms with Gasteiger partial charge in [0.15, 0.2) is 0 Å². The zero-order valence-corrected chi connectivity index (χ0v) is 11.9. The van der Waals surface area contributed by atoms with Crippen molar-refractivity contribution in [2.75, 3.05) is 4.90 Å². The summed E-state index contributed by atoms with van der Waals surface area (Å²) in [5, 5.41) is 4.45. The lowest BCUT2D eigenvalue weighted by atomic mass is 10.1. The number of thiocarbonyl (C=S) groups is 1. The highest BCUT2D eigenvalue weighted by Gasteiger charge is 2.26. The number of nitrogens with zero attached hydrogens (tertiary/aromatic N) is 3. The number of hydrogen-bond donors (Lipinski definition) is 1. The lowest BCUT2D eigenvalue weighted by molar-refractivity contribution is 0.715. The van der Waals surface area contributed by atoms with Crippen molar-refractivity contribution in [1.29, 1.82) is 0 Å². The van der Waals surface area contributed by atoms with E-state index in [2.05, 4.69) is 34.3 Å². The molecule has 1 aromatic heterocycles. The third-order valence-electron chi connectivity index (χ3n) is 3.58. The van der Waals surface area contributed by atoms with Gasteiger partial charge in [-0.05, 0) is 18.1 Å². The van der Waals surface area contributed by atoms with Crippen LogP contribution in [-0.2, 0) is 20.1 Å². The average Bonchev–Trinajstić information content (AvgIpc) is 2.88. The summed E-state index contributed by atoms with van der Waals surface area (Å²) in [6.07, 6.45) is 0. The van der Waals surface area contributed by atoms with Crippen molar-refractivity contribution in [3.63, 3.8) is 0 Å². The lowest BCUT2D eigenvalue weighted by Crippen LogP contribution is -2.22. The minimum Gasteiger partial charge on any atom is -0.389 e. The molecule has 5 heteroatoms. The molecule has 0 amide bonds. The van der Waals surface area contributed by atoms with E-state index >= 15 is 0 Å². The molecule has 1 aromatic carbocycles. The summed E-state index contributed by atoms with van der Waals surface area (Å²) in [6.45, 7) is 3.71. The van der Waals surface area contributed by atoms with E-state index in [1.807, 2.05) is 18.7 Å². The number of fused-ring (bicyclic) bond motifs is 1. The van der Waals surface area contributed by atoms with Crippen LogP contribution >= 0.6 is 12.2 Å². The maximum absolute atomic E-state index is 5.85. The number of benzene rings is 1. The molecule has 0 saturated carbocycles. The molecule has 2 heterocycles. The Kier molecular flexibility index (Phi) is 2.78. The third-order valence-corrected chi connectivity index (χ3v) is 3.78. The van der Waals surface area contributed by atoms with Crippen LogP contribution in [0.1, 0.15) is 22.4 Å². The number of rotatable bonds is 2. The van der Waals surface area contributed by atoms with Gasteiger partial charge in [0.2, 0.25) is 0 Å². The molecule has 0 unspecified atom stereocenters. The zero-order chi connectivity index (χ0) is 13.6. The molecule has 0 saturated heterocycles. The summed E-state index contributed by atoms with van der Waals surface area (Å²) in [5.74, 6) is 1.02. The van der Waals surface area contributed by atoms with E-state index in [-0.39, 0.29) is 0 Å². The molecule has 4 nitrogen and oxygen atoms in total. The van der Waals surface area contributed by atoms with Crippen molar-refractivity contribution in [2.24, 2.45) is 12.8 Å². The number of hydrogen-bond acceptors (Lipinski definition) is 3. The Morgan fingerprint density at radius 3 is 2.37 bits per heavy atom. The van der Waals surface area contributed by atoms with Gasteiger partial charge in [-0.1, -0.05) is 36.5 Å². The molecule has 0 fully saturated rings. The molecule has 19 heavy (non-hydrogen) atoms. The Morgan fingerprint density at radius 1 is 1.26 bits per heavy atom. The topological polar surface area (TPSA) is 47.1 Å². The van der Waals surface area contributed by atoms with Crippen LogP contribution in [0, 0.1) is 6.92 Å². The van der Waals surface area contributed by atoms with Crippen LogP contribution in [0.3, 0.4) is 0 Å². The van der Waals surface area contributed by atoms with Crippen molar-refractivity contribution in [3.05, 3.63) is 46.6 Å². The first-order valence-corrected chi connectivity index (χ1v) is 6.64. The second-order valence-electron chi connectivity index (χ2n) is 4.90. The number of aryl methyl sites for hydroxylation is 2. The number of aromatic nitrogens is 2. The van der Waals surface area contributed by atoms with Gasteiger partial charge in [0.1, 0.15) is 10.8 Å². The molecular formula is C14H16N4S. The summed E-state index contributed by atoms with van der Waals surface area (Å²) < 4.78 is 1.87. The summed E-state index contributed by atoms with van der Waals surface area (Å²) in [4.78, 5) is 2.69. The molecule has 0 radical (unpaired) electrons. The van der Waals surface area contributed by atoms with Crippen molar-refractivity contribution in [1.82, 2.24) is 9.78 Å². The molecule has 0 atom stereocenters. The fraction of sp³-hybridized carbons (Fsp3) is 0.286. The summed E-state index contributed by atoms with van der Waals surface area (Å²) >= 11 is 5.17. The minimum absolute atomic E-state index is 0.413. The lowest BCUT2D eigenvalue weighted by Gasteiger charge is -2.19. The smallest absolute Gasteiger partial charge is 0.137 e. The van der Waals surface area contributed by atoms with E-state index in [0.29, 0.717) is 4.99 Å². The molecule has 2 aromatic rings. The summed E-state index contributed by atoms with van der Waals surface area (Å²) in [6, 6.07) is 8.48. The van der Waals surface area contributed by atoms with Gasteiger partial charge in [-0.15, -0.1) is 0 Å². The van der Waals surface area contributed by atoms with Gasteiger partial charge in [-0.2, -0.15) is 5.10 Å². The van der Waals surface area contributed by atoms with Gasteiger partial charge in [-0.25, -0.2) is 0 Å². The number of nitrogens with two attached hydrogens (primary N) is 1. The highest BCUT2D eigenvalue weighted by atomic mass is 32.1. The highest BCUT2D eigenvalue weighted by molar-refractivity contribution is 7.80. The molecular weight excluding hydrogens is 256 g/mol. The molecule has 1 aliphatic rings. The largest absolute Gasteiger partial charge is 0.389 e. The van der Waals surface area contributed by atoms with Gasteiger partial charge in [0.05, 0.1) is 11.3 Å². The Bertz CT molecular complexity index is 634. The molecule has 2 N–H and O–H groups in total. The van der Waals surface area contributed by atoms with E-state index < -0.39 is 0 Å². The van der Waals surface area contributed by atoms with Crippen LogP contribution in [0.5, 0.6) is 0 Å². The van der Waals surface area contributed by atoms with Crippen LogP contribution in [0.4, 0.5) is 5.82 Å². The van der Waals surface area contributed by atoms with Gasteiger partial charge in [-0.3, -0.25) is 4.68 Å². The maximum atomic E-state index is 5.85. The van der Waals surface area contributed by atoms with Crippen molar-refractivity contribution >= 4 is 23.0 Å². The van der Waals surface area contributed by atoms with Crippen LogP contribution in [0.15, 0.2) is 24.3 Å². The molecule has 1 aliphatic heterocycles. The first-order chi connectivity index (χ1) is 9.08. The summed E-state index contributed by atoms with van der Waals surface area (Å²) in [7, 11) is 1.94. The molecule has 3 rings (SSSR count). The Labute approximate surface area is 117 Å². The van der Waals surface area contributed by atoms with E-state index in [1.54, 1.807) is 0 Å². The Balaban J connectivity index is 2.04. The van der Waals surface area contributed by atoms with E-state index in [0.717, 1.165) is 30.2 Å². The Hall–Kier alpha value is -1.88. The fourth-order valence-electron chi connectivity index (χ4n) is 2.78. The van der Waals surface area contributed by atoms with Crippen molar-refractivity contribution in [3.8, 4) is 0 Å². The fourth-order valence-corrected chi connectivity index (χ4v) is 3.02. The van der Waals surface area contributed by atoms with Crippen LogP contribution < -0.4 is 10.6 Å². The average molecular weight is 272 g/mol. The monoisotopic (exact) mass is 272 g/mol. The van der Waals surface area contributed by atoms with Crippen LogP contribution in [-0.4, -0.2) is 14.8 Å². The first kappa shape index (κ1) is 12.2. The Morgan fingerprint density at radius 2 is 1.84 bits per heavy atom. The predicted molar refractivity (Wildman–Crippen MR) is 80.2 cm³/mol. The minimum atomic E-state index is 0.413. The highest BCUT2D eigenvalue weighted by Crippen LogP contribution is 2.31. The van der Waals surface area contributed by atoms with Crippen LogP contribution in [0.2, 0.25) is 0 Å². The van der Waals surface area contributed by atoms with Gasteiger partial charge in [0, 0.05) is 20.1 Å². The normalized spacial score (nSPS) is 13.7. The second-order valence-corrected chi connectivity index (χ2v) is 5.34.